The van der Waals surface area contributed by atoms with E-state index in [1.54, 1.807) is 19.2 Å². The molecule has 0 fully saturated rings. The summed E-state index contributed by atoms with van der Waals surface area (Å²) in [5, 5.41) is 0.820. The monoisotopic (exact) mass is 314 g/mol. The molecule has 0 saturated heterocycles. The van der Waals surface area contributed by atoms with E-state index < -0.39 is 0 Å². The lowest BCUT2D eigenvalue weighted by Crippen LogP contribution is -2.32. The second kappa shape index (κ2) is 6.55. The Morgan fingerprint density at radius 1 is 1.14 bits per heavy atom. The van der Waals surface area contributed by atoms with E-state index in [1.807, 2.05) is 42.5 Å². The number of ether oxygens (including phenoxy) is 1. The number of para-hydroxylation sites is 1. The summed E-state index contributed by atoms with van der Waals surface area (Å²) in [5.74, 6) is 0.477. The third-order valence-corrected chi connectivity index (χ3v) is 3.74. The molecule has 6 heteroatoms. The van der Waals surface area contributed by atoms with Gasteiger partial charge < -0.3 is 9.15 Å². The fourth-order valence-electron chi connectivity index (χ4n) is 1.99. The maximum absolute atomic E-state index is 12.1. The smallest absolute Gasteiger partial charge is 0.301 e. The first-order valence-electron chi connectivity index (χ1n) is 6.62. The zero-order valence-corrected chi connectivity index (χ0v) is 12.6. The molecule has 0 atom stereocenters. The van der Waals surface area contributed by atoms with Gasteiger partial charge in [-0.15, -0.1) is 0 Å². The molecule has 3 rings (SSSR count). The highest BCUT2D eigenvalue weighted by atomic mass is 32.2. The van der Waals surface area contributed by atoms with E-state index in [2.05, 4.69) is 10.3 Å². The van der Waals surface area contributed by atoms with Gasteiger partial charge in [0.15, 0.2) is 17.1 Å². The Labute approximate surface area is 131 Å². The molecule has 1 amide bonds. The van der Waals surface area contributed by atoms with E-state index in [0.717, 1.165) is 10.3 Å². The number of nitrogens with one attached hydrogen (secondary N) is 2. The van der Waals surface area contributed by atoms with Gasteiger partial charge in [0.25, 0.3) is 0 Å². The molecular weight excluding hydrogens is 300 g/mol. The maximum Gasteiger partial charge on any atom is 0.301 e. The van der Waals surface area contributed by atoms with Crippen LogP contribution >= 0.6 is 11.9 Å². The number of fused-ring (bicyclic) bond motifs is 1. The summed E-state index contributed by atoms with van der Waals surface area (Å²) in [5.41, 5.74) is 3.15. The van der Waals surface area contributed by atoms with Crippen molar-refractivity contribution in [1.29, 1.82) is 0 Å². The quantitative estimate of drug-likeness (QED) is 0.558. The molecule has 0 aliphatic heterocycles. The average molecular weight is 314 g/mol. The van der Waals surface area contributed by atoms with Gasteiger partial charge in [0.05, 0.1) is 7.11 Å². The molecule has 0 aliphatic rings. The summed E-state index contributed by atoms with van der Waals surface area (Å²) in [6.07, 6.45) is 0. The third-order valence-electron chi connectivity index (χ3n) is 3.03. The van der Waals surface area contributed by atoms with E-state index in [1.165, 1.54) is 11.9 Å². The molecule has 0 aliphatic carbocycles. The minimum Gasteiger partial charge on any atom is -0.493 e. The number of hydrazine groups is 1. The van der Waals surface area contributed by atoms with Crippen molar-refractivity contribution >= 4 is 28.8 Å². The Hall–Kier alpha value is -2.44. The first kappa shape index (κ1) is 14.5. The molecule has 112 valence electrons. The SMILES string of the molecule is COc1cccc2cc(C(=O)NNSc3ccccc3)oc12. The lowest BCUT2D eigenvalue weighted by atomic mass is 10.2. The lowest BCUT2D eigenvalue weighted by Gasteiger charge is -2.04. The summed E-state index contributed by atoms with van der Waals surface area (Å²) in [6.45, 7) is 0. The van der Waals surface area contributed by atoms with Gasteiger partial charge in [-0.3, -0.25) is 10.2 Å². The fraction of sp³-hybridized carbons (Fsp3) is 0.0625. The fourth-order valence-corrected chi connectivity index (χ4v) is 2.54. The molecule has 2 aromatic carbocycles. The topological polar surface area (TPSA) is 63.5 Å². The van der Waals surface area contributed by atoms with Gasteiger partial charge in [-0.05, 0) is 36.2 Å². The van der Waals surface area contributed by atoms with Crippen molar-refractivity contribution in [3.8, 4) is 5.75 Å². The van der Waals surface area contributed by atoms with E-state index >= 15 is 0 Å². The largest absolute Gasteiger partial charge is 0.493 e. The highest BCUT2D eigenvalue weighted by Crippen LogP contribution is 2.28. The van der Waals surface area contributed by atoms with Gasteiger partial charge in [0.2, 0.25) is 0 Å². The molecule has 1 aromatic heterocycles. The minimum absolute atomic E-state index is 0.223. The zero-order valence-electron chi connectivity index (χ0n) is 11.8. The molecule has 3 aromatic rings. The normalized spacial score (nSPS) is 10.6. The van der Waals surface area contributed by atoms with Gasteiger partial charge in [-0.1, -0.05) is 30.3 Å². The highest BCUT2D eigenvalue weighted by molar-refractivity contribution is 7.97. The Bertz CT molecular complexity index is 786. The first-order chi connectivity index (χ1) is 10.8. The van der Waals surface area contributed by atoms with Crippen LogP contribution in [0.2, 0.25) is 0 Å². The van der Waals surface area contributed by atoms with Gasteiger partial charge >= 0.3 is 5.91 Å². The number of methoxy groups -OCH3 is 1. The number of amides is 1. The maximum atomic E-state index is 12.1. The Kier molecular flexibility index (Phi) is 4.32. The number of hydrogen-bond acceptors (Lipinski definition) is 5. The van der Waals surface area contributed by atoms with Crippen LogP contribution in [0.4, 0.5) is 0 Å². The molecule has 5 nitrogen and oxygen atoms in total. The standard InChI is InChI=1S/C16H14N2O3S/c1-20-13-9-5-6-11-10-14(21-15(11)13)16(19)17-18-22-12-7-3-2-4-8-12/h2-10,18H,1H3,(H,17,19). The van der Waals surface area contributed by atoms with Crippen LogP contribution < -0.4 is 15.0 Å². The van der Waals surface area contributed by atoms with Crippen molar-refractivity contribution in [1.82, 2.24) is 10.3 Å². The average Bonchev–Trinajstić information content (AvgIpc) is 3.00. The van der Waals surface area contributed by atoms with Crippen LogP contribution in [-0.4, -0.2) is 13.0 Å². The Morgan fingerprint density at radius 2 is 1.95 bits per heavy atom. The summed E-state index contributed by atoms with van der Waals surface area (Å²) < 4.78 is 10.8. The van der Waals surface area contributed by atoms with E-state index in [-0.39, 0.29) is 11.7 Å². The summed E-state index contributed by atoms with van der Waals surface area (Å²) in [7, 11) is 1.56. The van der Waals surface area contributed by atoms with Crippen LogP contribution in [0.1, 0.15) is 10.6 Å². The van der Waals surface area contributed by atoms with Crippen LogP contribution in [0.3, 0.4) is 0 Å². The van der Waals surface area contributed by atoms with Gasteiger partial charge in [0, 0.05) is 10.3 Å². The predicted molar refractivity (Wildman–Crippen MR) is 85.7 cm³/mol. The lowest BCUT2D eigenvalue weighted by molar-refractivity contribution is 0.0921. The number of hydrogen-bond donors (Lipinski definition) is 2. The molecule has 2 N–H and O–H groups in total. The van der Waals surface area contributed by atoms with Crippen LogP contribution in [-0.2, 0) is 0 Å². The van der Waals surface area contributed by atoms with Crippen LogP contribution in [0.25, 0.3) is 11.0 Å². The van der Waals surface area contributed by atoms with E-state index in [9.17, 15) is 4.79 Å². The molecule has 0 unspecified atom stereocenters. The zero-order chi connectivity index (χ0) is 15.4. The molecule has 0 saturated carbocycles. The van der Waals surface area contributed by atoms with Crippen molar-refractivity contribution in [2.75, 3.05) is 7.11 Å². The summed E-state index contributed by atoms with van der Waals surface area (Å²) in [6, 6.07) is 16.9. The number of carbonyl (C=O) groups is 1. The highest BCUT2D eigenvalue weighted by Gasteiger charge is 2.14. The summed E-state index contributed by atoms with van der Waals surface area (Å²) in [4.78, 5) is 15.9. The van der Waals surface area contributed by atoms with Gasteiger partial charge in [-0.2, -0.15) is 4.83 Å². The Morgan fingerprint density at radius 3 is 2.73 bits per heavy atom. The molecule has 1 heterocycles. The second-order valence-electron chi connectivity index (χ2n) is 4.46. The summed E-state index contributed by atoms with van der Waals surface area (Å²) >= 11 is 1.31. The van der Waals surface area contributed by atoms with Crippen molar-refractivity contribution in [2.45, 2.75) is 4.90 Å². The second-order valence-corrected chi connectivity index (χ2v) is 5.34. The van der Waals surface area contributed by atoms with Crippen molar-refractivity contribution in [3.63, 3.8) is 0 Å². The third kappa shape index (κ3) is 3.08. The predicted octanol–water partition coefficient (Wildman–Crippen LogP) is 3.38. The molecule has 0 radical (unpaired) electrons. The first-order valence-corrected chi connectivity index (χ1v) is 7.43. The van der Waals surface area contributed by atoms with Crippen molar-refractivity contribution in [3.05, 3.63) is 60.4 Å². The van der Waals surface area contributed by atoms with E-state index in [0.29, 0.717) is 11.3 Å². The van der Waals surface area contributed by atoms with Gasteiger partial charge in [-0.25, -0.2) is 0 Å². The van der Waals surface area contributed by atoms with Crippen molar-refractivity contribution < 1.29 is 13.9 Å². The van der Waals surface area contributed by atoms with Gasteiger partial charge in [0.1, 0.15) is 0 Å². The molecule has 22 heavy (non-hydrogen) atoms. The van der Waals surface area contributed by atoms with E-state index in [4.69, 9.17) is 9.15 Å². The minimum atomic E-state index is -0.346. The molecular formula is C16H14N2O3S. The number of rotatable bonds is 5. The van der Waals surface area contributed by atoms with Crippen LogP contribution in [0.5, 0.6) is 5.75 Å². The van der Waals surface area contributed by atoms with Crippen LogP contribution in [0.15, 0.2) is 63.9 Å². The Balaban J connectivity index is 1.67. The molecule has 0 spiro atoms. The number of furan rings is 1. The van der Waals surface area contributed by atoms with Crippen molar-refractivity contribution in [2.24, 2.45) is 0 Å². The number of benzene rings is 2. The molecule has 0 bridgehead atoms. The van der Waals surface area contributed by atoms with Crippen LogP contribution in [0, 0.1) is 0 Å². The number of carbonyl (C=O) groups excluding carboxylic acids is 1.